The second-order valence-corrected chi connectivity index (χ2v) is 5.52. The summed E-state index contributed by atoms with van der Waals surface area (Å²) in [6, 6.07) is 0.526. The molecular weight excluding hydrogens is 178 g/mol. The summed E-state index contributed by atoms with van der Waals surface area (Å²) in [6.45, 7) is 5.73. The molecular formula is C11H19NO2. The van der Waals surface area contributed by atoms with E-state index in [1.54, 1.807) is 0 Å². The van der Waals surface area contributed by atoms with Crippen LogP contribution in [0.5, 0.6) is 0 Å². The summed E-state index contributed by atoms with van der Waals surface area (Å²) in [7, 11) is 0. The van der Waals surface area contributed by atoms with Crippen LogP contribution in [0.2, 0.25) is 0 Å². The Hall–Kier alpha value is -0.570. The molecule has 0 radical (unpaired) electrons. The van der Waals surface area contributed by atoms with Gasteiger partial charge in [-0.25, -0.2) is 0 Å². The van der Waals surface area contributed by atoms with E-state index in [1.165, 1.54) is 12.8 Å². The summed E-state index contributed by atoms with van der Waals surface area (Å²) in [5, 5.41) is 3.33. The molecule has 0 aromatic rings. The molecule has 0 spiro atoms. The lowest BCUT2D eigenvalue weighted by molar-refractivity contribution is -0.160. The van der Waals surface area contributed by atoms with Crippen molar-refractivity contribution in [3.8, 4) is 0 Å². The monoisotopic (exact) mass is 197 g/mol. The number of esters is 1. The van der Waals surface area contributed by atoms with Gasteiger partial charge < -0.3 is 10.1 Å². The van der Waals surface area contributed by atoms with E-state index in [-0.39, 0.29) is 17.6 Å². The Bertz CT molecular complexity index is 228. The fraction of sp³-hybridized carbons (Fsp3) is 0.909. The molecule has 0 aromatic heterocycles. The van der Waals surface area contributed by atoms with Crippen LogP contribution in [-0.2, 0) is 9.53 Å². The van der Waals surface area contributed by atoms with Crippen LogP contribution in [0.25, 0.3) is 0 Å². The summed E-state index contributed by atoms with van der Waals surface area (Å²) in [6.07, 6.45) is 3.46. The maximum Gasteiger partial charge on any atom is 0.323 e. The smallest absolute Gasteiger partial charge is 0.323 e. The third-order valence-electron chi connectivity index (χ3n) is 2.93. The molecule has 3 rings (SSSR count). The van der Waals surface area contributed by atoms with Gasteiger partial charge in [-0.2, -0.15) is 0 Å². The molecule has 14 heavy (non-hydrogen) atoms. The Morgan fingerprint density at radius 3 is 2.36 bits per heavy atom. The quantitative estimate of drug-likeness (QED) is 0.647. The Kier molecular flexibility index (Phi) is 2.30. The van der Waals surface area contributed by atoms with E-state index < -0.39 is 0 Å². The SMILES string of the molecule is CC(C)(C)OC(=O)C1CC2CC(C2)N1. The minimum Gasteiger partial charge on any atom is -0.459 e. The van der Waals surface area contributed by atoms with Gasteiger partial charge in [0.25, 0.3) is 0 Å². The molecule has 80 valence electrons. The van der Waals surface area contributed by atoms with Gasteiger partial charge in [-0.1, -0.05) is 0 Å². The van der Waals surface area contributed by atoms with Crippen LogP contribution in [0.1, 0.15) is 40.0 Å². The number of ether oxygens (including phenoxy) is 1. The Morgan fingerprint density at radius 1 is 1.29 bits per heavy atom. The number of nitrogens with one attached hydrogen (secondary N) is 1. The molecule has 2 saturated heterocycles. The highest BCUT2D eigenvalue weighted by atomic mass is 16.6. The van der Waals surface area contributed by atoms with Crippen molar-refractivity contribution in [1.82, 2.24) is 5.32 Å². The predicted molar refractivity (Wildman–Crippen MR) is 53.9 cm³/mol. The summed E-state index contributed by atoms with van der Waals surface area (Å²) >= 11 is 0. The first kappa shape index (κ1) is 9.97. The minimum atomic E-state index is -0.361. The molecule has 3 heteroatoms. The number of rotatable bonds is 1. The molecule has 2 aliphatic heterocycles. The van der Waals surface area contributed by atoms with Crippen molar-refractivity contribution in [3.05, 3.63) is 0 Å². The first-order chi connectivity index (χ1) is 6.44. The number of piperidine rings is 2. The normalized spacial score (nSPS) is 36.1. The van der Waals surface area contributed by atoms with Crippen molar-refractivity contribution >= 4 is 5.97 Å². The zero-order valence-corrected chi connectivity index (χ0v) is 9.17. The van der Waals surface area contributed by atoms with Gasteiger partial charge in [0.15, 0.2) is 0 Å². The van der Waals surface area contributed by atoms with E-state index in [1.807, 2.05) is 20.8 Å². The molecule has 2 bridgehead atoms. The van der Waals surface area contributed by atoms with E-state index in [0.29, 0.717) is 6.04 Å². The molecule has 3 nitrogen and oxygen atoms in total. The van der Waals surface area contributed by atoms with E-state index in [2.05, 4.69) is 5.32 Å². The van der Waals surface area contributed by atoms with Crippen LogP contribution < -0.4 is 5.32 Å². The van der Waals surface area contributed by atoms with Crippen molar-refractivity contribution in [2.24, 2.45) is 5.92 Å². The van der Waals surface area contributed by atoms with Gasteiger partial charge in [0.05, 0.1) is 0 Å². The average Bonchev–Trinajstić information content (AvgIpc) is 2.00. The first-order valence-corrected chi connectivity index (χ1v) is 5.43. The molecule has 1 saturated carbocycles. The van der Waals surface area contributed by atoms with Gasteiger partial charge in [0, 0.05) is 6.04 Å². The van der Waals surface area contributed by atoms with E-state index >= 15 is 0 Å². The Balaban J connectivity index is 1.86. The van der Waals surface area contributed by atoms with E-state index in [9.17, 15) is 4.79 Å². The van der Waals surface area contributed by atoms with Crippen LogP contribution in [0.3, 0.4) is 0 Å². The Morgan fingerprint density at radius 2 is 1.93 bits per heavy atom. The van der Waals surface area contributed by atoms with Gasteiger partial charge in [-0.3, -0.25) is 4.79 Å². The van der Waals surface area contributed by atoms with Crippen LogP contribution in [-0.4, -0.2) is 23.7 Å². The summed E-state index contributed by atoms with van der Waals surface area (Å²) in [5.74, 6) is 0.686. The van der Waals surface area contributed by atoms with Crippen molar-refractivity contribution in [2.45, 2.75) is 57.7 Å². The van der Waals surface area contributed by atoms with Crippen LogP contribution in [0, 0.1) is 5.92 Å². The summed E-state index contributed by atoms with van der Waals surface area (Å²) in [5.41, 5.74) is -0.361. The highest BCUT2D eigenvalue weighted by molar-refractivity contribution is 5.76. The third-order valence-corrected chi connectivity index (χ3v) is 2.93. The van der Waals surface area contributed by atoms with Crippen molar-refractivity contribution in [1.29, 1.82) is 0 Å². The summed E-state index contributed by atoms with van der Waals surface area (Å²) in [4.78, 5) is 11.7. The summed E-state index contributed by atoms with van der Waals surface area (Å²) < 4.78 is 5.34. The second kappa shape index (κ2) is 3.23. The predicted octanol–water partition coefficient (Wildman–Crippen LogP) is 1.47. The molecule has 1 aliphatic carbocycles. The molecule has 0 amide bonds. The standard InChI is InChI=1S/C11H19NO2/c1-11(2,3)14-10(13)9-6-7-4-8(5-7)12-9/h7-9,12H,4-6H2,1-3H3. The maximum absolute atomic E-state index is 11.7. The third kappa shape index (κ3) is 2.08. The molecule has 1 unspecified atom stereocenters. The van der Waals surface area contributed by atoms with Gasteiger partial charge in [0.2, 0.25) is 0 Å². The lowest BCUT2D eigenvalue weighted by Gasteiger charge is -2.45. The maximum atomic E-state index is 11.7. The lowest BCUT2D eigenvalue weighted by atomic mass is 9.72. The molecule has 2 heterocycles. The van der Waals surface area contributed by atoms with Gasteiger partial charge in [-0.15, -0.1) is 0 Å². The lowest BCUT2D eigenvalue weighted by Crippen LogP contribution is -2.57. The zero-order valence-electron chi connectivity index (χ0n) is 9.17. The molecule has 3 fully saturated rings. The van der Waals surface area contributed by atoms with E-state index in [4.69, 9.17) is 4.74 Å². The van der Waals surface area contributed by atoms with Crippen LogP contribution >= 0.6 is 0 Å². The van der Waals surface area contributed by atoms with Gasteiger partial charge in [-0.05, 0) is 46.0 Å². The van der Waals surface area contributed by atoms with Gasteiger partial charge >= 0.3 is 5.97 Å². The van der Waals surface area contributed by atoms with Crippen molar-refractivity contribution < 1.29 is 9.53 Å². The fourth-order valence-corrected chi connectivity index (χ4v) is 2.29. The first-order valence-electron chi connectivity index (χ1n) is 5.43. The topological polar surface area (TPSA) is 38.3 Å². The number of fused-ring (bicyclic) bond motifs is 2. The average molecular weight is 197 g/mol. The molecule has 3 aliphatic rings. The number of hydrogen-bond donors (Lipinski definition) is 1. The van der Waals surface area contributed by atoms with Gasteiger partial charge in [0.1, 0.15) is 11.6 Å². The van der Waals surface area contributed by atoms with Crippen molar-refractivity contribution in [3.63, 3.8) is 0 Å². The fourth-order valence-electron chi connectivity index (χ4n) is 2.29. The highest BCUT2D eigenvalue weighted by Gasteiger charge is 2.41. The van der Waals surface area contributed by atoms with Crippen molar-refractivity contribution in [2.75, 3.05) is 0 Å². The zero-order chi connectivity index (χ0) is 10.3. The largest absolute Gasteiger partial charge is 0.459 e. The minimum absolute atomic E-state index is 0.0493. The number of hydrogen-bond acceptors (Lipinski definition) is 3. The highest BCUT2D eigenvalue weighted by Crippen LogP contribution is 2.36. The van der Waals surface area contributed by atoms with Crippen LogP contribution in [0.15, 0.2) is 0 Å². The molecule has 1 atom stereocenters. The molecule has 1 N–H and O–H groups in total. The van der Waals surface area contributed by atoms with E-state index in [0.717, 1.165) is 12.3 Å². The number of carbonyl (C=O) groups excluding carboxylic acids is 1. The van der Waals surface area contributed by atoms with Crippen LogP contribution in [0.4, 0.5) is 0 Å². The number of carbonyl (C=O) groups is 1. The molecule has 0 aromatic carbocycles. The Labute approximate surface area is 85.2 Å². The second-order valence-electron chi connectivity index (χ2n) is 5.52.